The first-order chi connectivity index (χ1) is 14.9. The molecule has 7 nitrogen and oxygen atoms in total. The van der Waals surface area contributed by atoms with E-state index in [-0.39, 0.29) is 17.9 Å². The number of anilines is 1. The van der Waals surface area contributed by atoms with Crippen LogP contribution in [0.2, 0.25) is 5.02 Å². The van der Waals surface area contributed by atoms with Gasteiger partial charge in [0.05, 0.1) is 24.3 Å². The largest absolute Gasteiger partial charge is 0.365 e. The minimum Gasteiger partial charge on any atom is -0.365 e. The number of hydrogen-bond donors (Lipinski definition) is 2. The number of primary amides is 1. The number of nitrogens with one attached hydrogen (secondary N) is 1. The molecule has 3 aromatic rings. The van der Waals surface area contributed by atoms with Crippen molar-refractivity contribution in [1.29, 1.82) is 0 Å². The van der Waals surface area contributed by atoms with Gasteiger partial charge in [0.25, 0.3) is 5.91 Å². The van der Waals surface area contributed by atoms with Crippen LogP contribution in [0.1, 0.15) is 28.5 Å². The van der Waals surface area contributed by atoms with Gasteiger partial charge in [0.1, 0.15) is 11.5 Å². The quantitative estimate of drug-likeness (QED) is 0.639. The Morgan fingerprint density at radius 2 is 2.03 bits per heavy atom. The number of aryl methyl sites for hydroxylation is 1. The lowest BCUT2D eigenvalue weighted by atomic mass is 10.0. The Labute approximate surface area is 183 Å². The molecule has 3 N–H and O–H groups in total. The summed E-state index contributed by atoms with van der Waals surface area (Å²) in [4.78, 5) is 26.6. The summed E-state index contributed by atoms with van der Waals surface area (Å²) in [7, 11) is 0. The number of halogens is 2. The number of amides is 3. The Morgan fingerprint density at radius 1 is 1.23 bits per heavy atom. The van der Waals surface area contributed by atoms with E-state index in [0.29, 0.717) is 52.7 Å². The lowest BCUT2D eigenvalue weighted by Gasteiger charge is -2.28. The molecule has 160 valence electrons. The van der Waals surface area contributed by atoms with Crippen molar-refractivity contribution in [3.05, 3.63) is 70.1 Å². The van der Waals surface area contributed by atoms with Gasteiger partial charge in [0.2, 0.25) is 0 Å². The second kappa shape index (κ2) is 8.39. The van der Waals surface area contributed by atoms with Crippen molar-refractivity contribution < 1.29 is 14.0 Å². The number of carbonyl (C=O) groups excluding carboxylic acids is 2. The molecule has 0 atom stereocenters. The van der Waals surface area contributed by atoms with Crippen LogP contribution in [0, 0.1) is 5.82 Å². The fraction of sp³-hybridized carbons (Fsp3) is 0.227. The standard InChI is InChI=1S/C22H21ClFN5O2/c1-2-13-6-7-16(11-17(13)24)26-22(31)28-8-9-29-18(12-28)19(21(25)30)20(27-29)14-4-3-5-15(23)10-14/h3-7,10-11H,2,8-9,12H2,1H3,(H2,25,30)(H,26,31). The summed E-state index contributed by atoms with van der Waals surface area (Å²) in [5.74, 6) is -0.991. The van der Waals surface area contributed by atoms with Crippen molar-refractivity contribution in [3.63, 3.8) is 0 Å². The van der Waals surface area contributed by atoms with E-state index in [9.17, 15) is 14.0 Å². The summed E-state index contributed by atoms with van der Waals surface area (Å²) >= 11 is 6.09. The molecule has 3 amide bonds. The molecule has 0 unspecified atom stereocenters. The fourth-order valence-corrected chi connectivity index (χ4v) is 3.89. The summed E-state index contributed by atoms with van der Waals surface area (Å²) < 4.78 is 15.7. The van der Waals surface area contributed by atoms with E-state index in [1.54, 1.807) is 41.1 Å². The number of hydrogen-bond acceptors (Lipinski definition) is 3. The van der Waals surface area contributed by atoms with Gasteiger partial charge in [-0.1, -0.05) is 36.7 Å². The van der Waals surface area contributed by atoms with Crippen LogP contribution < -0.4 is 11.1 Å². The Hall–Kier alpha value is -3.39. The molecular formula is C22H21ClFN5O2. The zero-order chi connectivity index (χ0) is 22.1. The molecule has 0 radical (unpaired) electrons. The van der Waals surface area contributed by atoms with Gasteiger partial charge in [-0.05, 0) is 36.2 Å². The van der Waals surface area contributed by atoms with Gasteiger partial charge in [-0.15, -0.1) is 0 Å². The Balaban J connectivity index is 1.60. The molecule has 1 aromatic heterocycles. The minimum absolute atomic E-state index is 0.146. The normalized spacial score (nSPS) is 13.1. The van der Waals surface area contributed by atoms with E-state index in [4.69, 9.17) is 17.3 Å². The molecule has 0 bridgehead atoms. The number of carbonyl (C=O) groups is 2. The van der Waals surface area contributed by atoms with Crippen LogP contribution in [-0.2, 0) is 19.5 Å². The highest BCUT2D eigenvalue weighted by atomic mass is 35.5. The van der Waals surface area contributed by atoms with Gasteiger partial charge in [-0.2, -0.15) is 5.10 Å². The number of benzene rings is 2. The third-order valence-corrected chi connectivity index (χ3v) is 5.53. The zero-order valence-electron chi connectivity index (χ0n) is 16.9. The van der Waals surface area contributed by atoms with Crippen molar-refractivity contribution in [2.75, 3.05) is 11.9 Å². The topological polar surface area (TPSA) is 93.2 Å². The van der Waals surface area contributed by atoms with E-state index < -0.39 is 11.9 Å². The van der Waals surface area contributed by atoms with Crippen LogP contribution >= 0.6 is 11.6 Å². The third-order valence-electron chi connectivity index (χ3n) is 5.30. The molecule has 0 saturated carbocycles. The Kier molecular flexibility index (Phi) is 5.65. The molecule has 0 fully saturated rings. The SMILES string of the molecule is CCc1ccc(NC(=O)N2CCn3nc(-c4cccc(Cl)c4)c(C(N)=O)c3C2)cc1F. The molecule has 0 spiro atoms. The summed E-state index contributed by atoms with van der Waals surface area (Å²) in [6, 6.07) is 11.2. The van der Waals surface area contributed by atoms with Crippen molar-refractivity contribution in [1.82, 2.24) is 14.7 Å². The van der Waals surface area contributed by atoms with Gasteiger partial charge in [-0.25, -0.2) is 9.18 Å². The van der Waals surface area contributed by atoms with Crippen molar-refractivity contribution in [3.8, 4) is 11.3 Å². The van der Waals surface area contributed by atoms with Crippen molar-refractivity contribution in [2.45, 2.75) is 26.4 Å². The van der Waals surface area contributed by atoms with Crippen LogP contribution in [0.5, 0.6) is 0 Å². The first-order valence-corrected chi connectivity index (χ1v) is 10.2. The number of urea groups is 1. The van der Waals surface area contributed by atoms with Gasteiger partial charge >= 0.3 is 6.03 Å². The van der Waals surface area contributed by atoms with E-state index in [1.165, 1.54) is 11.0 Å². The average molecular weight is 442 g/mol. The first-order valence-electron chi connectivity index (χ1n) is 9.87. The second-order valence-electron chi connectivity index (χ2n) is 7.28. The van der Waals surface area contributed by atoms with E-state index in [0.717, 1.165) is 0 Å². The monoisotopic (exact) mass is 441 g/mol. The van der Waals surface area contributed by atoms with Crippen LogP contribution in [-0.4, -0.2) is 33.2 Å². The van der Waals surface area contributed by atoms with Crippen molar-refractivity contribution >= 4 is 29.2 Å². The summed E-state index contributed by atoms with van der Waals surface area (Å²) in [5, 5.41) is 7.77. The molecule has 9 heteroatoms. The summed E-state index contributed by atoms with van der Waals surface area (Å²) in [6.07, 6.45) is 0.570. The van der Waals surface area contributed by atoms with Crippen LogP contribution in [0.25, 0.3) is 11.3 Å². The number of fused-ring (bicyclic) bond motifs is 1. The molecular weight excluding hydrogens is 421 g/mol. The third kappa shape index (κ3) is 4.11. The maximum Gasteiger partial charge on any atom is 0.322 e. The maximum absolute atomic E-state index is 14.0. The fourth-order valence-electron chi connectivity index (χ4n) is 3.70. The molecule has 0 aliphatic carbocycles. The van der Waals surface area contributed by atoms with E-state index in [2.05, 4.69) is 10.4 Å². The van der Waals surface area contributed by atoms with Gasteiger partial charge in [0, 0.05) is 22.8 Å². The van der Waals surface area contributed by atoms with Crippen LogP contribution in [0.3, 0.4) is 0 Å². The molecule has 1 aliphatic heterocycles. The number of nitrogens with zero attached hydrogens (tertiary/aromatic N) is 3. The molecule has 2 heterocycles. The number of aromatic nitrogens is 2. The molecule has 1 aliphatic rings. The molecule has 4 rings (SSSR count). The van der Waals surface area contributed by atoms with Crippen LogP contribution in [0.15, 0.2) is 42.5 Å². The summed E-state index contributed by atoms with van der Waals surface area (Å²) in [6.45, 7) is 2.78. The van der Waals surface area contributed by atoms with Crippen LogP contribution in [0.4, 0.5) is 14.9 Å². The zero-order valence-corrected chi connectivity index (χ0v) is 17.6. The highest BCUT2D eigenvalue weighted by Gasteiger charge is 2.29. The molecule has 31 heavy (non-hydrogen) atoms. The Morgan fingerprint density at radius 3 is 2.71 bits per heavy atom. The predicted octanol–water partition coefficient (Wildman–Crippen LogP) is 4.05. The predicted molar refractivity (Wildman–Crippen MR) is 116 cm³/mol. The maximum atomic E-state index is 14.0. The average Bonchev–Trinajstić information content (AvgIpc) is 3.13. The minimum atomic E-state index is -0.629. The van der Waals surface area contributed by atoms with E-state index in [1.807, 2.05) is 6.92 Å². The number of rotatable bonds is 4. The summed E-state index contributed by atoms with van der Waals surface area (Å²) in [5.41, 5.74) is 8.53. The lowest BCUT2D eigenvalue weighted by molar-refractivity contribution is 0.0997. The smallest absolute Gasteiger partial charge is 0.322 e. The highest BCUT2D eigenvalue weighted by Crippen LogP contribution is 2.30. The molecule has 0 saturated heterocycles. The van der Waals surface area contributed by atoms with E-state index >= 15 is 0 Å². The van der Waals surface area contributed by atoms with Gasteiger partial charge in [0.15, 0.2) is 0 Å². The van der Waals surface area contributed by atoms with Crippen molar-refractivity contribution in [2.24, 2.45) is 5.73 Å². The van der Waals surface area contributed by atoms with Gasteiger partial charge in [-0.3, -0.25) is 9.48 Å². The second-order valence-corrected chi connectivity index (χ2v) is 7.72. The van der Waals surface area contributed by atoms with Gasteiger partial charge < -0.3 is 16.0 Å². The number of nitrogens with two attached hydrogens (primary N) is 1. The Bertz CT molecular complexity index is 1180. The highest BCUT2D eigenvalue weighted by molar-refractivity contribution is 6.30. The first kappa shape index (κ1) is 20.9. The molecule has 2 aromatic carbocycles. The lowest BCUT2D eigenvalue weighted by Crippen LogP contribution is -2.41.